The lowest BCUT2D eigenvalue weighted by Gasteiger charge is -2.22. The number of nitrogens with one attached hydrogen (secondary N) is 2. The normalized spacial score (nSPS) is 16.4. The van der Waals surface area contributed by atoms with Crippen molar-refractivity contribution in [2.45, 2.75) is 32.5 Å². The van der Waals surface area contributed by atoms with Crippen LogP contribution in [0.5, 0.6) is 5.75 Å². The topological polar surface area (TPSA) is 61.8 Å². The number of alkyl halides is 2. The van der Waals surface area contributed by atoms with Gasteiger partial charge in [0.15, 0.2) is 5.96 Å². The van der Waals surface area contributed by atoms with E-state index in [4.69, 9.17) is 11.6 Å². The standard InChI is InChI=1S/C20H24ClF2N5O.HI/c1-2-24-20(26-12-14-7-8-18(21)25-11-14)27-15-9-10-28(13-15)16-5-3-4-6-17(16)29-19(22)23;/h3-8,11,15,19H,2,9-10,12-13H2,1H3,(H2,24,26,27);1H. The van der Waals surface area contributed by atoms with Crippen LogP contribution in [-0.2, 0) is 6.54 Å². The van der Waals surface area contributed by atoms with E-state index in [9.17, 15) is 8.78 Å². The minimum Gasteiger partial charge on any atom is -0.433 e. The fourth-order valence-electron chi connectivity index (χ4n) is 3.19. The maximum absolute atomic E-state index is 12.7. The van der Waals surface area contributed by atoms with Crippen LogP contribution in [-0.4, -0.2) is 43.2 Å². The maximum Gasteiger partial charge on any atom is 0.387 e. The van der Waals surface area contributed by atoms with Crippen molar-refractivity contribution in [3.63, 3.8) is 0 Å². The van der Waals surface area contributed by atoms with Gasteiger partial charge in [-0.05, 0) is 37.1 Å². The Balaban J connectivity index is 0.00000320. The molecule has 1 atom stereocenters. The van der Waals surface area contributed by atoms with E-state index in [1.165, 1.54) is 0 Å². The summed E-state index contributed by atoms with van der Waals surface area (Å²) >= 11 is 5.81. The highest BCUT2D eigenvalue weighted by Crippen LogP contribution is 2.31. The molecule has 10 heteroatoms. The van der Waals surface area contributed by atoms with Gasteiger partial charge in [-0.1, -0.05) is 29.8 Å². The Hall–Kier alpha value is -1.88. The Bertz CT molecular complexity index is 825. The molecule has 0 aliphatic carbocycles. The Morgan fingerprint density at radius 2 is 2.13 bits per heavy atom. The molecule has 2 N–H and O–H groups in total. The molecule has 1 aromatic heterocycles. The summed E-state index contributed by atoms with van der Waals surface area (Å²) in [5, 5.41) is 7.10. The van der Waals surface area contributed by atoms with Gasteiger partial charge in [-0.15, -0.1) is 24.0 Å². The molecule has 0 bridgehead atoms. The smallest absolute Gasteiger partial charge is 0.387 e. The Morgan fingerprint density at radius 3 is 2.83 bits per heavy atom. The van der Waals surface area contributed by atoms with Crippen LogP contribution in [0.3, 0.4) is 0 Å². The lowest BCUT2D eigenvalue weighted by atomic mass is 10.2. The highest BCUT2D eigenvalue weighted by molar-refractivity contribution is 14.0. The highest BCUT2D eigenvalue weighted by atomic mass is 127. The van der Waals surface area contributed by atoms with Gasteiger partial charge < -0.3 is 20.3 Å². The molecule has 1 aliphatic rings. The highest BCUT2D eigenvalue weighted by Gasteiger charge is 2.26. The van der Waals surface area contributed by atoms with Crippen LogP contribution in [0.4, 0.5) is 14.5 Å². The zero-order chi connectivity index (χ0) is 20.6. The van der Waals surface area contributed by atoms with Gasteiger partial charge in [-0.2, -0.15) is 8.78 Å². The van der Waals surface area contributed by atoms with Crippen molar-refractivity contribution in [3.05, 3.63) is 53.3 Å². The van der Waals surface area contributed by atoms with E-state index in [1.807, 2.05) is 24.0 Å². The molecule has 0 spiro atoms. The summed E-state index contributed by atoms with van der Waals surface area (Å²) in [7, 11) is 0. The predicted molar refractivity (Wildman–Crippen MR) is 126 cm³/mol. The van der Waals surface area contributed by atoms with Crippen LogP contribution in [0.2, 0.25) is 5.15 Å². The van der Waals surface area contributed by atoms with Gasteiger partial charge in [-0.25, -0.2) is 9.98 Å². The molecule has 0 amide bonds. The lowest BCUT2D eigenvalue weighted by molar-refractivity contribution is -0.0495. The van der Waals surface area contributed by atoms with Crippen molar-refractivity contribution >= 4 is 47.2 Å². The number of hydrogen-bond acceptors (Lipinski definition) is 4. The first-order chi connectivity index (χ1) is 14.0. The first-order valence-corrected chi connectivity index (χ1v) is 9.87. The molecule has 164 valence electrons. The van der Waals surface area contributed by atoms with Crippen molar-refractivity contribution in [1.29, 1.82) is 0 Å². The van der Waals surface area contributed by atoms with E-state index in [-0.39, 0.29) is 35.8 Å². The second-order valence-corrected chi connectivity index (χ2v) is 6.99. The van der Waals surface area contributed by atoms with Crippen molar-refractivity contribution in [2.75, 3.05) is 24.5 Å². The summed E-state index contributed by atoms with van der Waals surface area (Å²) in [6.45, 7) is 1.76. The quantitative estimate of drug-likeness (QED) is 0.233. The molecule has 30 heavy (non-hydrogen) atoms. The number of hydrogen-bond donors (Lipinski definition) is 2. The lowest BCUT2D eigenvalue weighted by Crippen LogP contribution is -2.44. The summed E-state index contributed by atoms with van der Waals surface area (Å²) < 4.78 is 30.0. The molecule has 1 unspecified atom stereocenters. The van der Waals surface area contributed by atoms with Gasteiger partial charge in [0.2, 0.25) is 0 Å². The number of aliphatic imine (C=N–C) groups is 1. The SMILES string of the molecule is CCNC(=NCc1ccc(Cl)nc1)NC1CCN(c2ccccc2OC(F)F)C1.I. The van der Waals surface area contributed by atoms with Gasteiger partial charge in [-0.3, -0.25) is 0 Å². The number of halogens is 4. The summed E-state index contributed by atoms with van der Waals surface area (Å²) in [5.41, 5.74) is 1.63. The van der Waals surface area contributed by atoms with Crippen LogP contribution in [0.15, 0.2) is 47.6 Å². The number of guanidine groups is 1. The summed E-state index contributed by atoms with van der Waals surface area (Å²) in [6, 6.07) is 10.6. The second kappa shape index (κ2) is 12.1. The fourth-order valence-corrected chi connectivity index (χ4v) is 3.31. The van der Waals surface area contributed by atoms with Crippen LogP contribution >= 0.6 is 35.6 Å². The number of para-hydroxylation sites is 2. The molecule has 6 nitrogen and oxygen atoms in total. The van der Waals surface area contributed by atoms with Crippen molar-refractivity contribution in [3.8, 4) is 5.75 Å². The number of aromatic nitrogens is 1. The number of pyridine rings is 1. The van der Waals surface area contributed by atoms with E-state index >= 15 is 0 Å². The molecule has 3 rings (SSSR count). The summed E-state index contributed by atoms with van der Waals surface area (Å²) in [4.78, 5) is 10.7. The zero-order valence-electron chi connectivity index (χ0n) is 16.5. The van der Waals surface area contributed by atoms with Gasteiger partial charge >= 0.3 is 6.61 Å². The van der Waals surface area contributed by atoms with E-state index in [1.54, 1.807) is 30.5 Å². The van der Waals surface area contributed by atoms with Gasteiger partial charge in [0.25, 0.3) is 0 Å². The Labute approximate surface area is 197 Å². The van der Waals surface area contributed by atoms with Crippen LogP contribution in [0, 0.1) is 0 Å². The first-order valence-electron chi connectivity index (χ1n) is 9.49. The number of benzene rings is 1. The van der Waals surface area contributed by atoms with Gasteiger partial charge in [0.05, 0.1) is 12.2 Å². The molecule has 2 heterocycles. The molecular formula is C20H25ClF2IN5O. The first kappa shape index (κ1) is 24.4. The third-order valence-corrected chi connectivity index (χ3v) is 4.73. The van der Waals surface area contributed by atoms with Crippen molar-refractivity contribution in [2.24, 2.45) is 4.99 Å². The average molecular weight is 552 g/mol. The Kier molecular flexibility index (Phi) is 9.83. The molecule has 1 saturated heterocycles. The van der Waals surface area contributed by atoms with Gasteiger partial charge in [0.1, 0.15) is 10.9 Å². The molecule has 1 fully saturated rings. The number of rotatable bonds is 7. The van der Waals surface area contributed by atoms with Crippen LogP contribution in [0.1, 0.15) is 18.9 Å². The third-order valence-electron chi connectivity index (χ3n) is 4.50. The largest absolute Gasteiger partial charge is 0.433 e. The number of ether oxygens (including phenoxy) is 1. The number of nitrogens with zero attached hydrogens (tertiary/aromatic N) is 3. The molecule has 1 aliphatic heterocycles. The average Bonchev–Trinajstić information content (AvgIpc) is 3.16. The second-order valence-electron chi connectivity index (χ2n) is 6.61. The molecule has 1 aromatic carbocycles. The van der Waals surface area contributed by atoms with E-state index in [2.05, 4.69) is 25.3 Å². The monoisotopic (exact) mass is 551 g/mol. The van der Waals surface area contributed by atoms with E-state index in [0.717, 1.165) is 25.1 Å². The van der Waals surface area contributed by atoms with E-state index in [0.29, 0.717) is 29.9 Å². The Morgan fingerprint density at radius 1 is 1.33 bits per heavy atom. The summed E-state index contributed by atoms with van der Waals surface area (Å²) in [6.07, 6.45) is 2.56. The molecule has 0 saturated carbocycles. The molecule has 0 radical (unpaired) electrons. The maximum atomic E-state index is 12.7. The molecule has 2 aromatic rings. The minimum atomic E-state index is -2.84. The summed E-state index contributed by atoms with van der Waals surface area (Å²) in [5.74, 6) is 0.894. The van der Waals surface area contributed by atoms with Crippen molar-refractivity contribution in [1.82, 2.24) is 15.6 Å². The van der Waals surface area contributed by atoms with E-state index < -0.39 is 6.61 Å². The fraction of sp³-hybridized carbons (Fsp3) is 0.400. The zero-order valence-corrected chi connectivity index (χ0v) is 19.6. The van der Waals surface area contributed by atoms with Gasteiger partial charge in [0, 0.05) is 31.9 Å². The molecular weight excluding hydrogens is 527 g/mol. The number of anilines is 1. The van der Waals surface area contributed by atoms with Crippen LogP contribution in [0.25, 0.3) is 0 Å². The third kappa shape index (κ3) is 7.12. The van der Waals surface area contributed by atoms with Crippen molar-refractivity contribution < 1.29 is 13.5 Å². The van der Waals surface area contributed by atoms with Crippen LogP contribution < -0.4 is 20.3 Å². The minimum absolute atomic E-state index is 0. The predicted octanol–water partition coefficient (Wildman–Crippen LogP) is 4.29.